The third-order valence-electron chi connectivity index (χ3n) is 8.18. The Hall–Kier alpha value is -3.98. The average molecular weight is 604 g/mol. The summed E-state index contributed by atoms with van der Waals surface area (Å²) in [7, 11) is -2.70. The van der Waals surface area contributed by atoms with Crippen LogP contribution >= 0.6 is 0 Å². The van der Waals surface area contributed by atoms with Gasteiger partial charge in [-0.15, -0.1) is 5.10 Å². The van der Waals surface area contributed by atoms with E-state index in [1.807, 2.05) is 0 Å². The lowest BCUT2D eigenvalue weighted by Crippen LogP contribution is -2.55. The van der Waals surface area contributed by atoms with Crippen LogP contribution in [0, 0.1) is 17.2 Å². The monoisotopic (exact) mass is 603 g/mol. The molecular formula is C27H25F4N7O3S. The maximum absolute atomic E-state index is 14.4. The van der Waals surface area contributed by atoms with Gasteiger partial charge in [-0.3, -0.25) is 9.78 Å². The first kappa shape index (κ1) is 28.2. The summed E-state index contributed by atoms with van der Waals surface area (Å²) in [4.78, 5) is 19.5. The molecule has 10 nitrogen and oxygen atoms in total. The number of hydrogen-bond donors (Lipinski definition) is 0. The van der Waals surface area contributed by atoms with Crippen molar-refractivity contribution in [2.45, 2.75) is 36.9 Å². The number of aryl methyl sites for hydroxylation is 1. The van der Waals surface area contributed by atoms with Gasteiger partial charge < -0.3 is 0 Å². The average Bonchev–Trinajstić information content (AvgIpc) is 3.54. The number of alkyl halides is 3. The Morgan fingerprint density at radius 1 is 1.07 bits per heavy atom. The number of pyridine rings is 1. The number of sulfonamides is 1. The summed E-state index contributed by atoms with van der Waals surface area (Å²) in [6.45, 7) is -0.191. The maximum atomic E-state index is 14.4. The number of ketones is 1. The highest BCUT2D eigenvalue weighted by Crippen LogP contribution is 2.47. The third-order valence-corrected chi connectivity index (χ3v) is 9.89. The van der Waals surface area contributed by atoms with Crippen LogP contribution < -0.4 is 0 Å². The fourth-order valence-corrected chi connectivity index (χ4v) is 7.52. The van der Waals surface area contributed by atoms with E-state index in [2.05, 4.69) is 20.3 Å². The number of benzene rings is 1. The first-order valence-corrected chi connectivity index (χ1v) is 14.6. The number of Topliss-reactive ketones (excluding diaryl/α,β-unsaturated/α-hetero) is 1. The number of nitrogens with zero attached hydrogens (tertiary/aromatic N) is 7. The van der Waals surface area contributed by atoms with Crippen LogP contribution in [-0.4, -0.2) is 61.4 Å². The topological polar surface area (TPSA) is 116 Å². The molecule has 4 aromatic rings. The molecule has 0 saturated carbocycles. The summed E-state index contributed by atoms with van der Waals surface area (Å²) in [5.74, 6) is -1.45. The SMILES string of the molecule is Cn1ncc(S(=O)(=O)N2CCC3CCc4c(cnn4-c4ccc(F)cc4)C[C@]3(C(=O)c3cc(C(F)(F)F)ccn3)C2)n1. The van der Waals surface area contributed by atoms with Gasteiger partial charge in [0.2, 0.25) is 5.03 Å². The Morgan fingerprint density at radius 2 is 1.83 bits per heavy atom. The van der Waals surface area contributed by atoms with Gasteiger partial charge in [0, 0.05) is 32.0 Å². The molecule has 42 heavy (non-hydrogen) atoms. The van der Waals surface area contributed by atoms with Crippen molar-refractivity contribution in [3.05, 3.63) is 83.3 Å². The molecule has 2 aliphatic rings. The van der Waals surface area contributed by atoms with E-state index < -0.39 is 38.8 Å². The first-order valence-electron chi connectivity index (χ1n) is 13.1. The highest BCUT2D eigenvalue weighted by atomic mass is 32.2. The molecule has 15 heteroatoms. The van der Waals surface area contributed by atoms with Gasteiger partial charge in [-0.2, -0.15) is 32.5 Å². The second-order valence-corrected chi connectivity index (χ2v) is 12.5. The molecule has 0 bridgehead atoms. The summed E-state index contributed by atoms with van der Waals surface area (Å²) < 4.78 is 84.4. The van der Waals surface area contributed by atoms with E-state index in [4.69, 9.17) is 0 Å². The van der Waals surface area contributed by atoms with Crippen LogP contribution in [0.15, 0.2) is 60.0 Å². The van der Waals surface area contributed by atoms with Crippen molar-refractivity contribution in [2.24, 2.45) is 18.4 Å². The van der Waals surface area contributed by atoms with Gasteiger partial charge in [-0.25, -0.2) is 17.5 Å². The van der Waals surface area contributed by atoms with Crippen molar-refractivity contribution in [1.29, 1.82) is 0 Å². The van der Waals surface area contributed by atoms with Crippen molar-refractivity contribution >= 4 is 15.8 Å². The van der Waals surface area contributed by atoms with E-state index in [0.29, 0.717) is 30.5 Å². The Labute approximate surface area is 238 Å². The molecule has 0 N–H and O–H groups in total. The van der Waals surface area contributed by atoms with E-state index in [1.165, 1.54) is 19.2 Å². The Bertz CT molecular complexity index is 1770. The van der Waals surface area contributed by atoms with Crippen molar-refractivity contribution < 1.29 is 30.8 Å². The van der Waals surface area contributed by atoms with Gasteiger partial charge in [0.15, 0.2) is 5.78 Å². The van der Waals surface area contributed by atoms with Crippen molar-refractivity contribution in [3.63, 3.8) is 0 Å². The Balaban J connectivity index is 1.46. The van der Waals surface area contributed by atoms with Gasteiger partial charge in [0.1, 0.15) is 11.5 Å². The zero-order valence-corrected chi connectivity index (χ0v) is 23.1. The zero-order chi connectivity index (χ0) is 29.9. The van der Waals surface area contributed by atoms with Gasteiger partial charge >= 0.3 is 6.18 Å². The number of piperidine rings is 1. The minimum Gasteiger partial charge on any atom is -0.292 e. The number of halogens is 4. The molecule has 1 aliphatic heterocycles. The number of carbonyl (C=O) groups excluding carboxylic acids is 1. The Morgan fingerprint density at radius 3 is 2.52 bits per heavy atom. The molecular weight excluding hydrogens is 578 g/mol. The predicted octanol–water partition coefficient (Wildman–Crippen LogP) is 3.62. The standard InChI is InChI=1S/C27H25F4N7O3S/c1-36-33-15-24(35-36)42(40,41)37-11-9-18-2-7-23-17(14-34-38(23)21-5-3-20(28)4-6-21)13-26(18,16-37)25(39)22-12-19(8-10-32-22)27(29,30)31/h3-6,8,10,12,14-15,18H,2,7,9,11,13,16H2,1H3/t18?,26-/m0/s1. The van der Waals surface area contributed by atoms with Crippen LogP contribution in [0.2, 0.25) is 0 Å². The second kappa shape index (κ2) is 10.1. The largest absolute Gasteiger partial charge is 0.416 e. The van der Waals surface area contributed by atoms with Gasteiger partial charge in [0.25, 0.3) is 10.0 Å². The molecule has 1 aromatic carbocycles. The van der Waals surface area contributed by atoms with Crippen LogP contribution in [0.4, 0.5) is 17.6 Å². The molecule has 1 saturated heterocycles. The van der Waals surface area contributed by atoms with E-state index in [1.54, 1.807) is 23.0 Å². The Kier molecular flexibility index (Phi) is 6.76. The number of carbonyl (C=O) groups is 1. The van der Waals surface area contributed by atoms with Crippen LogP contribution in [-0.2, 0) is 36.1 Å². The van der Waals surface area contributed by atoms with E-state index in [0.717, 1.165) is 39.3 Å². The number of aromatic nitrogens is 6. The highest BCUT2D eigenvalue weighted by molar-refractivity contribution is 7.89. The molecule has 6 rings (SSSR count). The maximum Gasteiger partial charge on any atom is 0.416 e. The number of fused-ring (bicyclic) bond motifs is 2. The lowest BCUT2D eigenvalue weighted by Gasteiger charge is -2.45. The zero-order valence-electron chi connectivity index (χ0n) is 22.3. The molecule has 1 aliphatic carbocycles. The fraction of sp³-hybridized carbons (Fsp3) is 0.370. The first-order chi connectivity index (χ1) is 19.9. The molecule has 3 aromatic heterocycles. The molecule has 0 spiro atoms. The van der Waals surface area contributed by atoms with Crippen LogP contribution in [0.25, 0.3) is 5.69 Å². The minimum atomic E-state index is -4.70. The summed E-state index contributed by atoms with van der Waals surface area (Å²) in [5, 5.41) is 12.0. The number of rotatable bonds is 5. The van der Waals surface area contributed by atoms with Crippen LogP contribution in [0.1, 0.15) is 40.2 Å². The second-order valence-electron chi connectivity index (χ2n) is 10.6. The summed E-state index contributed by atoms with van der Waals surface area (Å²) in [5.41, 5.74) is -0.819. The quantitative estimate of drug-likeness (QED) is 0.253. The molecule has 0 amide bonds. The van der Waals surface area contributed by atoms with E-state index in [-0.39, 0.29) is 36.1 Å². The molecule has 0 radical (unpaired) electrons. The van der Waals surface area contributed by atoms with Crippen molar-refractivity contribution in [3.8, 4) is 5.69 Å². The summed E-state index contributed by atoms with van der Waals surface area (Å²) in [6.07, 6.45) is 0.163. The van der Waals surface area contributed by atoms with Gasteiger partial charge in [-0.05, 0) is 73.6 Å². The lowest BCUT2D eigenvalue weighted by atomic mass is 9.64. The van der Waals surface area contributed by atoms with Gasteiger partial charge in [0.05, 0.1) is 29.1 Å². The lowest BCUT2D eigenvalue weighted by molar-refractivity contribution is -0.137. The molecule has 220 valence electrons. The molecule has 1 unspecified atom stereocenters. The minimum absolute atomic E-state index is 0.0252. The smallest absolute Gasteiger partial charge is 0.292 e. The van der Waals surface area contributed by atoms with E-state index >= 15 is 0 Å². The van der Waals surface area contributed by atoms with Crippen LogP contribution in [0.3, 0.4) is 0 Å². The molecule has 1 fully saturated rings. The normalized spacial score (nSPS) is 21.4. The predicted molar refractivity (Wildman–Crippen MR) is 139 cm³/mol. The van der Waals surface area contributed by atoms with Crippen molar-refractivity contribution in [2.75, 3.05) is 13.1 Å². The van der Waals surface area contributed by atoms with Gasteiger partial charge in [-0.1, -0.05) is 0 Å². The number of hydrogen-bond acceptors (Lipinski definition) is 7. The summed E-state index contributed by atoms with van der Waals surface area (Å²) in [6, 6.07) is 7.26. The van der Waals surface area contributed by atoms with Crippen LogP contribution in [0.5, 0.6) is 0 Å². The highest BCUT2D eigenvalue weighted by Gasteiger charge is 2.53. The fourth-order valence-electron chi connectivity index (χ4n) is 6.10. The van der Waals surface area contributed by atoms with Crippen molar-refractivity contribution in [1.82, 2.24) is 34.1 Å². The summed E-state index contributed by atoms with van der Waals surface area (Å²) >= 11 is 0. The van der Waals surface area contributed by atoms with E-state index in [9.17, 15) is 30.8 Å². The molecule has 4 heterocycles. The third kappa shape index (κ3) is 4.79. The molecule has 2 atom stereocenters.